The minimum Gasteiger partial charge on any atom is -0.381 e. The highest BCUT2D eigenvalue weighted by molar-refractivity contribution is 5.76. The predicted molar refractivity (Wildman–Crippen MR) is 71.2 cm³/mol. The van der Waals surface area contributed by atoms with Crippen LogP contribution in [0, 0.1) is 12.8 Å². The van der Waals surface area contributed by atoms with Crippen LogP contribution >= 0.6 is 0 Å². The third-order valence-electron chi connectivity index (χ3n) is 3.34. The van der Waals surface area contributed by atoms with Crippen LogP contribution in [0.15, 0.2) is 24.3 Å². The number of nitrogens with one attached hydrogen (secondary N) is 1. The monoisotopic (exact) mass is 247 g/mol. The Bertz CT molecular complexity index is 380. The van der Waals surface area contributed by atoms with Gasteiger partial charge in [0.15, 0.2) is 0 Å². The van der Waals surface area contributed by atoms with Crippen molar-refractivity contribution in [1.29, 1.82) is 0 Å². The lowest BCUT2D eigenvalue weighted by atomic mass is 9.98. The normalized spacial score (nSPS) is 19.5. The number of aryl methyl sites for hydroxylation is 1. The first-order chi connectivity index (χ1) is 8.74. The van der Waals surface area contributed by atoms with Gasteiger partial charge in [0.25, 0.3) is 0 Å². The highest BCUT2D eigenvalue weighted by Crippen LogP contribution is 2.16. The largest absolute Gasteiger partial charge is 0.381 e. The summed E-state index contributed by atoms with van der Waals surface area (Å²) in [4.78, 5) is 11.8. The Kier molecular flexibility index (Phi) is 4.76. The zero-order valence-corrected chi connectivity index (χ0v) is 10.9. The molecule has 98 valence electrons. The molecule has 0 spiro atoms. The predicted octanol–water partition coefficient (Wildman–Crippen LogP) is 2.43. The molecule has 2 rings (SSSR count). The second-order valence-corrected chi connectivity index (χ2v) is 5.05. The molecule has 1 amide bonds. The van der Waals surface area contributed by atoms with Gasteiger partial charge in [0.1, 0.15) is 0 Å². The zero-order chi connectivity index (χ0) is 12.8. The molecule has 0 saturated carbocycles. The Balaban J connectivity index is 1.72. The van der Waals surface area contributed by atoms with Crippen molar-refractivity contribution in [3.8, 4) is 0 Å². The molecule has 1 heterocycles. The topological polar surface area (TPSA) is 38.3 Å². The van der Waals surface area contributed by atoms with Crippen LogP contribution in [0.3, 0.4) is 0 Å². The van der Waals surface area contributed by atoms with Crippen LogP contribution in [0.5, 0.6) is 0 Å². The van der Waals surface area contributed by atoms with Gasteiger partial charge >= 0.3 is 0 Å². The number of benzene rings is 1. The molecule has 1 aliphatic heterocycles. The maximum atomic E-state index is 11.8. The standard InChI is InChI=1S/C15H21NO2/c1-12-4-6-13(7-5-12)10-16-15(17)9-14-3-2-8-18-11-14/h4-7,14H,2-3,8-11H2,1H3,(H,16,17). The van der Waals surface area contributed by atoms with E-state index in [-0.39, 0.29) is 5.91 Å². The Hall–Kier alpha value is -1.35. The van der Waals surface area contributed by atoms with Gasteiger partial charge in [-0.05, 0) is 31.2 Å². The van der Waals surface area contributed by atoms with Crippen LogP contribution in [0.1, 0.15) is 30.4 Å². The van der Waals surface area contributed by atoms with Crippen molar-refractivity contribution in [1.82, 2.24) is 5.32 Å². The fraction of sp³-hybridized carbons (Fsp3) is 0.533. The van der Waals surface area contributed by atoms with Crippen LogP contribution in [0.25, 0.3) is 0 Å². The molecule has 1 aromatic rings. The molecule has 1 N–H and O–H groups in total. The summed E-state index contributed by atoms with van der Waals surface area (Å²) in [5.74, 6) is 0.530. The van der Waals surface area contributed by atoms with Gasteiger partial charge in [-0.25, -0.2) is 0 Å². The van der Waals surface area contributed by atoms with Gasteiger partial charge in [0.05, 0.1) is 0 Å². The minimum absolute atomic E-state index is 0.131. The summed E-state index contributed by atoms with van der Waals surface area (Å²) in [6.07, 6.45) is 2.78. The molecule has 1 unspecified atom stereocenters. The fourth-order valence-electron chi connectivity index (χ4n) is 2.21. The van der Waals surface area contributed by atoms with Gasteiger partial charge in [-0.2, -0.15) is 0 Å². The van der Waals surface area contributed by atoms with Gasteiger partial charge in [-0.3, -0.25) is 4.79 Å². The second kappa shape index (κ2) is 6.55. The lowest BCUT2D eigenvalue weighted by molar-refractivity contribution is -0.123. The maximum absolute atomic E-state index is 11.8. The van der Waals surface area contributed by atoms with E-state index in [1.165, 1.54) is 5.56 Å². The summed E-state index contributed by atoms with van der Waals surface area (Å²) in [7, 11) is 0. The van der Waals surface area contributed by atoms with E-state index in [4.69, 9.17) is 4.74 Å². The quantitative estimate of drug-likeness (QED) is 0.887. The Morgan fingerprint density at radius 1 is 1.39 bits per heavy atom. The summed E-state index contributed by atoms with van der Waals surface area (Å²) in [5, 5.41) is 2.97. The maximum Gasteiger partial charge on any atom is 0.220 e. The van der Waals surface area contributed by atoms with Crippen molar-refractivity contribution in [2.24, 2.45) is 5.92 Å². The van der Waals surface area contributed by atoms with Crippen molar-refractivity contribution in [2.45, 2.75) is 32.7 Å². The van der Waals surface area contributed by atoms with E-state index < -0.39 is 0 Å². The molecule has 3 nitrogen and oxygen atoms in total. The van der Waals surface area contributed by atoms with Crippen LogP contribution < -0.4 is 5.32 Å². The van der Waals surface area contributed by atoms with Gasteiger partial charge < -0.3 is 10.1 Å². The van der Waals surface area contributed by atoms with E-state index in [9.17, 15) is 4.79 Å². The first-order valence-corrected chi connectivity index (χ1v) is 6.64. The van der Waals surface area contributed by atoms with Crippen molar-refractivity contribution < 1.29 is 9.53 Å². The summed E-state index contributed by atoms with van der Waals surface area (Å²) in [6.45, 7) is 4.26. The molecule has 3 heteroatoms. The summed E-state index contributed by atoms with van der Waals surface area (Å²) in [5.41, 5.74) is 2.39. The number of rotatable bonds is 4. The van der Waals surface area contributed by atoms with Crippen LogP contribution in [-0.2, 0) is 16.1 Å². The van der Waals surface area contributed by atoms with Gasteiger partial charge in [-0.15, -0.1) is 0 Å². The lowest BCUT2D eigenvalue weighted by Gasteiger charge is -2.21. The van der Waals surface area contributed by atoms with E-state index >= 15 is 0 Å². The van der Waals surface area contributed by atoms with Gasteiger partial charge in [0, 0.05) is 26.2 Å². The number of amides is 1. The molecule has 0 aliphatic carbocycles. The lowest BCUT2D eigenvalue weighted by Crippen LogP contribution is -2.28. The molecule has 18 heavy (non-hydrogen) atoms. The number of hydrogen-bond donors (Lipinski definition) is 1. The highest BCUT2D eigenvalue weighted by Gasteiger charge is 2.17. The Labute approximate surface area is 109 Å². The van der Waals surface area contributed by atoms with E-state index in [2.05, 4.69) is 36.5 Å². The molecule has 1 atom stereocenters. The molecule has 1 aromatic carbocycles. The van der Waals surface area contributed by atoms with E-state index in [1.54, 1.807) is 0 Å². The Morgan fingerprint density at radius 2 is 2.17 bits per heavy atom. The van der Waals surface area contributed by atoms with Gasteiger partial charge in [0.2, 0.25) is 5.91 Å². The van der Waals surface area contributed by atoms with Crippen molar-refractivity contribution >= 4 is 5.91 Å². The van der Waals surface area contributed by atoms with Crippen LogP contribution in [0.2, 0.25) is 0 Å². The van der Waals surface area contributed by atoms with E-state index in [0.717, 1.165) is 31.6 Å². The number of carbonyl (C=O) groups excluding carboxylic acids is 1. The van der Waals surface area contributed by atoms with Crippen molar-refractivity contribution in [3.05, 3.63) is 35.4 Å². The smallest absolute Gasteiger partial charge is 0.220 e. The molecular weight excluding hydrogens is 226 g/mol. The first kappa shape index (κ1) is 13.1. The third kappa shape index (κ3) is 4.15. The minimum atomic E-state index is 0.131. The van der Waals surface area contributed by atoms with Gasteiger partial charge in [-0.1, -0.05) is 29.8 Å². The summed E-state index contributed by atoms with van der Waals surface area (Å²) < 4.78 is 5.38. The SMILES string of the molecule is Cc1ccc(CNC(=O)CC2CCCOC2)cc1. The van der Waals surface area contributed by atoms with Crippen molar-refractivity contribution in [3.63, 3.8) is 0 Å². The van der Waals surface area contributed by atoms with Crippen LogP contribution in [-0.4, -0.2) is 19.1 Å². The molecule has 0 aromatic heterocycles. The van der Waals surface area contributed by atoms with E-state index in [0.29, 0.717) is 18.9 Å². The molecule has 1 aliphatic rings. The van der Waals surface area contributed by atoms with Crippen molar-refractivity contribution in [2.75, 3.05) is 13.2 Å². The average Bonchev–Trinajstić information content (AvgIpc) is 2.39. The molecule has 0 radical (unpaired) electrons. The summed E-state index contributed by atoms with van der Waals surface area (Å²) in [6, 6.07) is 8.24. The number of hydrogen-bond acceptors (Lipinski definition) is 2. The van der Waals surface area contributed by atoms with E-state index in [1.807, 2.05) is 0 Å². The second-order valence-electron chi connectivity index (χ2n) is 5.05. The Morgan fingerprint density at radius 3 is 2.83 bits per heavy atom. The number of carbonyl (C=O) groups is 1. The fourth-order valence-corrected chi connectivity index (χ4v) is 2.21. The van der Waals surface area contributed by atoms with Crippen LogP contribution in [0.4, 0.5) is 0 Å². The highest BCUT2D eigenvalue weighted by atomic mass is 16.5. The first-order valence-electron chi connectivity index (χ1n) is 6.64. The number of ether oxygens (including phenoxy) is 1. The average molecular weight is 247 g/mol. The molecule has 1 saturated heterocycles. The molecular formula is C15H21NO2. The third-order valence-corrected chi connectivity index (χ3v) is 3.34. The molecule has 0 bridgehead atoms. The molecule has 1 fully saturated rings. The zero-order valence-electron chi connectivity index (χ0n) is 10.9. The summed E-state index contributed by atoms with van der Waals surface area (Å²) >= 11 is 0.